The molecule has 2 N–H and O–H groups in total. The Labute approximate surface area is 152 Å². The maximum Gasteiger partial charge on any atom is 0.270 e. The first-order valence-corrected chi connectivity index (χ1v) is 9.82. The van der Waals surface area contributed by atoms with E-state index in [4.69, 9.17) is 4.74 Å². The van der Waals surface area contributed by atoms with Crippen LogP contribution >= 0.6 is 11.3 Å². The minimum Gasteiger partial charge on any atom is -0.494 e. The van der Waals surface area contributed by atoms with Crippen molar-refractivity contribution in [2.24, 2.45) is 5.92 Å². The van der Waals surface area contributed by atoms with Crippen LogP contribution in [0.3, 0.4) is 0 Å². The van der Waals surface area contributed by atoms with Gasteiger partial charge in [0.25, 0.3) is 5.91 Å². The standard InChI is InChI=1S/C19H25N3O2S/c1-2-10-24-16-7-5-15(6-8-16)19-22-17(13-25-19)18(23)21-12-14-4-3-9-20-11-14/h5-8,13-14,20H,2-4,9-12H2,1H3,(H,21,23). The minimum absolute atomic E-state index is 0.0871. The van der Waals surface area contributed by atoms with E-state index >= 15 is 0 Å². The SMILES string of the molecule is CCCOc1ccc(-c2nc(C(=O)NCC3CCCNC3)cs2)cc1. The van der Waals surface area contributed by atoms with Gasteiger partial charge in [-0.25, -0.2) is 4.98 Å². The van der Waals surface area contributed by atoms with Crippen LogP contribution in [0.5, 0.6) is 5.75 Å². The molecule has 1 unspecified atom stereocenters. The molecule has 25 heavy (non-hydrogen) atoms. The number of thiazole rings is 1. The van der Waals surface area contributed by atoms with Crippen LogP contribution in [0, 0.1) is 5.92 Å². The zero-order valence-electron chi connectivity index (χ0n) is 14.6. The lowest BCUT2D eigenvalue weighted by molar-refractivity contribution is 0.0940. The summed E-state index contributed by atoms with van der Waals surface area (Å²) in [4.78, 5) is 16.8. The number of carbonyl (C=O) groups excluding carboxylic acids is 1. The summed E-state index contributed by atoms with van der Waals surface area (Å²) in [5.41, 5.74) is 1.50. The van der Waals surface area contributed by atoms with E-state index in [1.165, 1.54) is 24.2 Å². The molecule has 1 atom stereocenters. The summed E-state index contributed by atoms with van der Waals surface area (Å²) >= 11 is 1.49. The molecule has 0 bridgehead atoms. The van der Waals surface area contributed by atoms with Gasteiger partial charge in [-0.1, -0.05) is 6.92 Å². The molecule has 0 saturated carbocycles. The molecule has 1 amide bonds. The van der Waals surface area contributed by atoms with E-state index in [1.807, 2.05) is 29.6 Å². The Hall–Kier alpha value is -1.92. The Morgan fingerprint density at radius 2 is 2.24 bits per heavy atom. The number of nitrogens with zero attached hydrogens (tertiary/aromatic N) is 1. The molecule has 2 heterocycles. The molecule has 5 nitrogen and oxygen atoms in total. The highest BCUT2D eigenvalue weighted by atomic mass is 32.1. The third-order valence-corrected chi connectivity index (χ3v) is 5.15. The molecule has 1 aliphatic heterocycles. The highest BCUT2D eigenvalue weighted by Gasteiger charge is 2.16. The van der Waals surface area contributed by atoms with E-state index in [9.17, 15) is 4.79 Å². The predicted molar refractivity (Wildman–Crippen MR) is 101 cm³/mol. The fourth-order valence-corrected chi connectivity index (χ4v) is 3.66. The lowest BCUT2D eigenvalue weighted by atomic mass is 10.00. The molecule has 2 aromatic rings. The van der Waals surface area contributed by atoms with Gasteiger partial charge in [-0.05, 0) is 62.5 Å². The number of benzene rings is 1. The first kappa shape index (κ1) is 17.9. The smallest absolute Gasteiger partial charge is 0.270 e. The maximum atomic E-state index is 12.3. The van der Waals surface area contributed by atoms with Gasteiger partial charge in [0.15, 0.2) is 0 Å². The second-order valence-electron chi connectivity index (χ2n) is 6.33. The van der Waals surface area contributed by atoms with Crippen LogP contribution in [0.25, 0.3) is 10.6 Å². The monoisotopic (exact) mass is 359 g/mol. The molecular weight excluding hydrogens is 334 g/mol. The lowest BCUT2D eigenvalue weighted by Crippen LogP contribution is -2.38. The normalized spacial score (nSPS) is 17.2. The topological polar surface area (TPSA) is 63.2 Å². The van der Waals surface area contributed by atoms with Crippen molar-refractivity contribution in [3.8, 4) is 16.3 Å². The molecule has 0 spiro atoms. The maximum absolute atomic E-state index is 12.3. The summed E-state index contributed by atoms with van der Waals surface area (Å²) in [6.07, 6.45) is 3.34. The van der Waals surface area contributed by atoms with Crippen LogP contribution in [0.15, 0.2) is 29.6 Å². The van der Waals surface area contributed by atoms with E-state index in [0.717, 1.165) is 42.4 Å². The average molecular weight is 359 g/mol. The van der Waals surface area contributed by atoms with Gasteiger partial charge in [0.2, 0.25) is 0 Å². The molecular formula is C19H25N3O2S. The van der Waals surface area contributed by atoms with Crippen LogP contribution in [-0.2, 0) is 0 Å². The molecule has 1 aromatic carbocycles. The Bertz CT molecular complexity index is 678. The largest absolute Gasteiger partial charge is 0.494 e. The van der Waals surface area contributed by atoms with Crippen molar-refractivity contribution >= 4 is 17.2 Å². The van der Waals surface area contributed by atoms with Crippen molar-refractivity contribution in [3.63, 3.8) is 0 Å². The number of nitrogens with one attached hydrogen (secondary N) is 2. The van der Waals surface area contributed by atoms with Crippen LogP contribution < -0.4 is 15.4 Å². The number of rotatable bonds is 7. The van der Waals surface area contributed by atoms with Gasteiger partial charge in [-0.3, -0.25) is 4.79 Å². The number of amides is 1. The summed E-state index contributed by atoms with van der Waals surface area (Å²) in [5.74, 6) is 1.30. The van der Waals surface area contributed by atoms with E-state index in [-0.39, 0.29) is 5.91 Å². The van der Waals surface area contributed by atoms with Crippen LogP contribution in [-0.4, -0.2) is 37.1 Å². The fourth-order valence-electron chi connectivity index (χ4n) is 2.85. The minimum atomic E-state index is -0.0871. The van der Waals surface area contributed by atoms with E-state index < -0.39 is 0 Å². The molecule has 3 rings (SSSR count). The van der Waals surface area contributed by atoms with Gasteiger partial charge in [0.1, 0.15) is 16.5 Å². The zero-order chi connectivity index (χ0) is 17.5. The summed E-state index contributed by atoms with van der Waals surface area (Å²) in [6, 6.07) is 7.86. The van der Waals surface area contributed by atoms with Crippen LogP contribution in [0.1, 0.15) is 36.7 Å². The van der Waals surface area contributed by atoms with Gasteiger partial charge in [0.05, 0.1) is 6.61 Å². The quantitative estimate of drug-likeness (QED) is 0.796. The number of ether oxygens (including phenoxy) is 1. The number of piperidine rings is 1. The van der Waals surface area contributed by atoms with Crippen molar-refractivity contribution in [1.29, 1.82) is 0 Å². The first-order chi connectivity index (χ1) is 12.3. The molecule has 0 aliphatic carbocycles. The molecule has 134 valence electrons. The Morgan fingerprint density at radius 3 is 2.96 bits per heavy atom. The van der Waals surface area contributed by atoms with Crippen molar-refractivity contribution in [2.75, 3.05) is 26.2 Å². The second kappa shape index (κ2) is 8.97. The molecule has 6 heteroatoms. The number of aromatic nitrogens is 1. The van der Waals surface area contributed by atoms with Gasteiger partial charge >= 0.3 is 0 Å². The molecule has 1 saturated heterocycles. The van der Waals surface area contributed by atoms with Gasteiger partial charge < -0.3 is 15.4 Å². The third kappa shape index (κ3) is 5.03. The predicted octanol–water partition coefficient (Wildman–Crippen LogP) is 3.33. The van der Waals surface area contributed by atoms with Gasteiger partial charge in [0, 0.05) is 17.5 Å². The van der Waals surface area contributed by atoms with Crippen LogP contribution in [0.4, 0.5) is 0 Å². The summed E-state index contributed by atoms with van der Waals surface area (Å²) in [7, 11) is 0. The summed E-state index contributed by atoms with van der Waals surface area (Å²) in [6.45, 7) is 5.58. The highest BCUT2D eigenvalue weighted by Crippen LogP contribution is 2.26. The molecule has 1 fully saturated rings. The number of carbonyl (C=O) groups is 1. The van der Waals surface area contributed by atoms with Crippen molar-refractivity contribution in [1.82, 2.24) is 15.6 Å². The Morgan fingerprint density at radius 1 is 1.40 bits per heavy atom. The highest BCUT2D eigenvalue weighted by molar-refractivity contribution is 7.13. The van der Waals surface area contributed by atoms with E-state index in [0.29, 0.717) is 18.2 Å². The first-order valence-electron chi connectivity index (χ1n) is 8.94. The van der Waals surface area contributed by atoms with E-state index in [1.54, 1.807) is 0 Å². The Kier molecular flexibility index (Phi) is 6.42. The van der Waals surface area contributed by atoms with Crippen molar-refractivity contribution in [2.45, 2.75) is 26.2 Å². The molecule has 0 radical (unpaired) electrons. The van der Waals surface area contributed by atoms with Crippen LogP contribution in [0.2, 0.25) is 0 Å². The molecule has 1 aromatic heterocycles. The van der Waals surface area contributed by atoms with Gasteiger partial charge in [-0.15, -0.1) is 11.3 Å². The number of hydrogen-bond acceptors (Lipinski definition) is 5. The Balaban J connectivity index is 1.56. The second-order valence-corrected chi connectivity index (χ2v) is 7.19. The fraction of sp³-hybridized carbons (Fsp3) is 0.474. The average Bonchev–Trinajstić information content (AvgIpc) is 3.16. The third-order valence-electron chi connectivity index (χ3n) is 4.26. The molecule has 1 aliphatic rings. The van der Waals surface area contributed by atoms with Crippen molar-refractivity contribution in [3.05, 3.63) is 35.3 Å². The van der Waals surface area contributed by atoms with E-state index in [2.05, 4.69) is 22.5 Å². The number of hydrogen-bond donors (Lipinski definition) is 2. The van der Waals surface area contributed by atoms with Crippen molar-refractivity contribution < 1.29 is 9.53 Å². The van der Waals surface area contributed by atoms with Gasteiger partial charge in [-0.2, -0.15) is 0 Å². The lowest BCUT2D eigenvalue weighted by Gasteiger charge is -2.22. The summed E-state index contributed by atoms with van der Waals surface area (Å²) < 4.78 is 5.59. The zero-order valence-corrected chi connectivity index (χ0v) is 15.4. The summed E-state index contributed by atoms with van der Waals surface area (Å²) in [5, 5.41) is 9.05.